The third-order valence-electron chi connectivity index (χ3n) is 4.53. The molecule has 6 nitrogen and oxygen atoms in total. The molecule has 0 aliphatic rings. The number of halogens is 2. The Morgan fingerprint density at radius 3 is 2.59 bits per heavy atom. The summed E-state index contributed by atoms with van der Waals surface area (Å²) in [6.45, 7) is 1.99. The van der Waals surface area contributed by atoms with Gasteiger partial charge in [-0.15, -0.1) is 0 Å². The first-order chi connectivity index (χ1) is 13.7. The van der Waals surface area contributed by atoms with Crippen molar-refractivity contribution < 1.29 is 18.7 Å². The van der Waals surface area contributed by atoms with Crippen molar-refractivity contribution in [2.75, 3.05) is 33.1 Å². The summed E-state index contributed by atoms with van der Waals surface area (Å²) in [7, 11) is 4.84. The van der Waals surface area contributed by atoms with Gasteiger partial charge in [-0.05, 0) is 49.9 Å². The van der Waals surface area contributed by atoms with Crippen molar-refractivity contribution in [3.8, 4) is 5.75 Å². The monoisotopic (exact) mass is 421 g/mol. The molecular weight excluding hydrogens is 397 g/mol. The lowest BCUT2D eigenvalue weighted by molar-refractivity contribution is -0.135. The molecule has 0 aromatic heterocycles. The molecule has 1 N–H and O–H groups in total. The van der Waals surface area contributed by atoms with E-state index >= 15 is 0 Å². The molecular formula is C21H25ClFN3O3. The number of hydrogen-bond acceptors (Lipinski definition) is 4. The van der Waals surface area contributed by atoms with E-state index in [-0.39, 0.29) is 30.7 Å². The van der Waals surface area contributed by atoms with Crippen molar-refractivity contribution in [1.29, 1.82) is 0 Å². The molecule has 29 heavy (non-hydrogen) atoms. The van der Waals surface area contributed by atoms with Crippen LogP contribution in [0.15, 0.2) is 42.5 Å². The Hall–Kier alpha value is -2.64. The number of rotatable bonds is 8. The molecule has 2 amide bonds. The molecule has 0 aliphatic heterocycles. The van der Waals surface area contributed by atoms with E-state index in [1.165, 1.54) is 24.1 Å². The molecule has 2 aromatic carbocycles. The normalized spacial score (nSPS) is 11.8. The van der Waals surface area contributed by atoms with Crippen LogP contribution < -0.4 is 10.1 Å². The Morgan fingerprint density at radius 2 is 1.93 bits per heavy atom. The highest BCUT2D eigenvalue weighted by atomic mass is 35.5. The van der Waals surface area contributed by atoms with Gasteiger partial charge in [0.05, 0.1) is 25.4 Å². The van der Waals surface area contributed by atoms with Gasteiger partial charge in [0.1, 0.15) is 11.6 Å². The average molecular weight is 422 g/mol. The van der Waals surface area contributed by atoms with Crippen molar-refractivity contribution in [3.05, 3.63) is 58.9 Å². The summed E-state index contributed by atoms with van der Waals surface area (Å²) in [6.07, 6.45) is 0. The standard InChI is InChI=1S/C21H25ClFN3O3/c1-14(21(28)26(3)12-15-6-5-7-17(23)10-15)25(2)13-20(27)24-18-11-16(22)8-9-19(18)29-4/h5-11,14H,12-13H2,1-4H3,(H,24,27)/t14-/m0/s1. The molecule has 8 heteroatoms. The molecule has 0 spiro atoms. The largest absolute Gasteiger partial charge is 0.495 e. The van der Waals surface area contributed by atoms with E-state index in [1.54, 1.807) is 56.3 Å². The van der Waals surface area contributed by atoms with E-state index < -0.39 is 6.04 Å². The zero-order valence-electron chi connectivity index (χ0n) is 16.9. The second-order valence-corrected chi connectivity index (χ2v) is 7.24. The maximum Gasteiger partial charge on any atom is 0.239 e. The van der Waals surface area contributed by atoms with Gasteiger partial charge in [0.2, 0.25) is 11.8 Å². The molecule has 0 heterocycles. The third kappa shape index (κ3) is 6.44. The number of methoxy groups -OCH3 is 1. The first-order valence-corrected chi connectivity index (χ1v) is 9.42. The Kier molecular flexibility index (Phi) is 7.99. The van der Waals surface area contributed by atoms with E-state index in [0.29, 0.717) is 22.0 Å². The molecule has 0 saturated heterocycles. The van der Waals surface area contributed by atoms with E-state index in [2.05, 4.69) is 5.32 Å². The van der Waals surface area contributed by atoms with Gasteiger partial charge in [-0.25, -0.2) is 4.39 Å². The van der Waals surface area contributed by atoms with Crippen molar-refractivity contribution in [2.45, 2.75) is 19.5 Å². The molecule has 0 bridgehead atoms. The van der Waals surface area contributed by atoms with Crippen LogP contribution in [-0.2, 0) is 16.1 Å². The summed E-state index contributed by atoms with van der Waals surface area (Å²) in [4.78, 5) is 28.2. The summed E-state index contributed by atoms with van der Waals surface area (Å²) in [5.41, 5.74) is 1.15. The van der Waals surface area contributed by atoms with Gasteiger partial charge in [0.15, 0.2) is 0 Å². The molecule has 0 aliphatic carbocycles. The summed E-state index contributed by atoms with van der Waals surface area (Å²) in [5, 5.41) is 3.22. The van der Waals surface area contributed by atoms with E-state index in [4.69, 9.17) is 16.3 Å². The summed E-state index contributed by atoms with van der Waals surface area (Å²) >= 11 is 5.98. The molecule has 156 valence electrons. The Labute approximate surface area is 175 Å². The number of likely N-dealkylation sites (N-methyl/N-ethyl adjacent to an activating group) is 2. The number of nitrogens with zero attached hydrogens (tertiary/aromatic N) is 2. The number of hydrogen-bond donors (Lipinski definition) is 1. The minimum atomic E-state index is -0.541. The first kappa shape index (κ1) is 22.6. The number of anilines is 1. The second kappa shape index (κ2) is 10.2. The second-order valence-electron chi connectivity index (χ2n) is 6.81. The van der Waals surface area contributed by atoms with E-state index in [1.807, 2.05) is 0 Å². The van der Waals surface area contributed by atoms with Crippen LogP contribution in [0.25, 0.3) is 0 Å². The van der Waals surface area contributed by atoms with Gasteiger partial charge >= 0.3 is 0 Å². The smallest absolute Gasteiger partial charge is 0.239 e. The topological polar surface area (TPSA) is 61.9 Å². The van der Waals surface area contributed by atoms with Gasteiger partial charge in [0, 0.05) is 18.6 Å². The zero-order valence-corrected chi connectivity index (χ0v) is 17.7. The fourth-order valence-electron chi connectivity index (χ4n) is 2.83. The summed E-state index contributed by atoms with van der Waals surface area (Å²) < 4.78 is 18.5. The minimum Gasteiger partial charge on any atom is -0.495 e. The number of carbonyl (C=O) groups is 2. The number of nitrogens with one attached hydrogen (secondary N) is 1. The zero-order chi connectivity index (χ0) is 21.6. The van der Waals surface area contributed by atoms with Crippen molar-refractivity contribution in [3.63, 3.8) is 0 Å². The van der Waals surface area contributed by atoms with Crippen LogP contribution in [0.3, 0.4) is 0 Å². The predicted molar refractivity (Wildman–Crippen MR) is 112 cm³/mol. The van der Waals surface area contributed by atoms with Gasteiger partial charge in [-0.2, -0.15) is 0 Å². The molecule has 0 fully saturated rings. The fourth-order valence-corrected chi connectivity index (χ4v) is 3.00. The average Bonchev–Trinajstić information content (AvgIpc) is 2.66. The molecule has 2 rings (SSSR count). The molecule has 0 radical (unpaired) electrons. The van der Waals surface area contributed by atoms with Crippen LogP contribution in [0.2, 0.25) is 5.02 Å². The van der Waals surface area contributed by atoms with Crippen molar-refractivity contribution >= 4 is 29.1 Å². The number of ether oxygens (including phenoxy) is 1. The Balaban J connectivity index is 1.95. The lowest BCUT2D eigenvalue weighted by atomic mass is 10.2. The quantitative estimate of drug-likeness (QED) is 0.709. The summed E-state index contributed by atoms with van der Waals surface area (Å²) in [5.74, 6) is -0.337. The van der Waals surface area contributed by atoms with Crippen LogP contribution in [-0.4, -0.2) is 55.4 Å². The molecule has 2 aromatic rings. The highest BCUT2D eigenvalue weighted by Gasteiger charge is 2.23. The maximum atomic E-state index is 13.3. The van der Waals surface area contributed by atoms with Gasteiger partial charge < -0.3 is 15.0 Å². The number of carbonyl (C=O) groups excluding carboxylic acids is 2. The van der Waals surface area contributed by atoms with Crippen LogP contribution in [0.1, 0.15) is 12.5 Å². The predicted octanol–water partition coefficient (Wildman–Crippen LogP) is 3.41. The Morgan fingerprint density at radius 1 is 1.21 bits per heavy atom. The lowest BCUT2D eigenvalue weighted by Gasteiger charge is -2.28. The number of amides is 2. The van der Waals surface area contributed by atoms with Gasteiger partial charge in [-0.1, -0.05) is 23.7 Å². The number of benzene rings is 2. The van der Waals surface area contributed by atoms with Gasteiger partial charge in [0.25, 0.3) is 0 Å². The van der Waals surface area contributed by atoms with Gasteiger partial charge in [-0.3, -0.25) is 14.5 Å². The lowest BCUT2D eigenvalue weighted by Crippen LogP contribution is -2.46. The van der Waals surface area contributed by atoms with Crippen LogP contribution in [0.4, 0.5) is 10.1 Å². The Bertz CT molecular complexity index is 878. The molecule has 0 unspecified atom stereocenters. The SMILES string of the molecule is COc1ccc(Cl)cc1NC(=O)CN(C)[C@@H](C)C(=O)N(C)Cc1cccc(F)c1. The highest BCUT2D eigenvalue weighted by Crippen LogP contribution is 2.27. The van der Waals surface area contributed by atoms with Crippen molar-refractivity contribution in [1.82, 2.24) is 9.80 Å². The van der Waals surface area contributed by atoms with E-state index in [9.17, 15) is 14.0 Å². The summed E-state index contributed by atoms with van der Waals surface area (Å²) in [6, 6.07) is 10.5. The minimum absolute atomic E-state index is 0.00359. The third-order valence-corrected chi connectivity index (χ3v) is 4.77. The molecule has 0 saturated carbocycles. The van der Waals surface area contributed by atoms with Crippen LogP contribution in [0, 0.1) is 5.82 Å². The maximum absolute atomic E-state index is 13.3. The molecule has 1 atom stereocenters. The van der Waals surface area contributed by atoms with Crippen molar-refractivity contribution in [2.24, 2.45) is 0 Å². The first-order valence-electron chi connectivity index (χ1n) is 9.04. The van der Waals surface area contributed by atoms with Crippen LogP contribution >= 0.6 is 11.6 Å². The van der Waals surface area contributed by atoms with E-state index in [0.717, 1.165) is 0 Å². The highest BCUT2D eigenvalue weighted by molar-refractivity contribution is 6.31. The fraction of sp³-hybridized carbons (Fsp3) is 0.333. The van der Waals surface area contributed by atoms with Crippen LogP contribution in [0.5, 0.6) is 5.75 Å².